The van der Waals surface area contributed by atoms with Gasteiger partial charge in [-0.3, -0.25) is 4.79 Å². The summed E-state index contributed by atoms with van der Waals surface area (Å²) in [6, 6.07) is 5.65. The minimum Gasteiger partial charge on any atom is -0.507 e. The minimum absolute atomic E-state index is 0.146. The lowest BCUT2D eigenvalue weighted by Crippen LogP contribution is -2.48. The van der Waals surface area contributed by atoms with E-state index in [-0.39, 0.29) is 22.8 Å². The fourth-order valence-electron chi connectivity index (χ4n) is 3.70. The van der Waals surface area contributed by atoms with Crippen LogP contribution < -0.4 is 0 Å². The van der Waals surface area contributed by atoms with E-state index in [1.807, 2.05) is 0 Å². The van der Waals surface area contributed by atoms with Crippen LogP contribution in [0, 0.1) is 5.82 Å². The molecule has 4 nitrogen and oxygen atoms in total. The molecule has 0 bridgehead atoms. The number of phenolic OH excluding ortho intramolecular Hbond substituents is 1. The maximum absolute atomic E-state index is 13.1. The number of fused-ring (bicyclic) bond motifs is 2. The maximum Gasteiger partial charge on any atom is 0.257 e. The Labute approximate surface area is 143 Å². The zero-order valence-electron chi connectivity index (χ0n) is 13.1. The Morgan fingerprint density at radius 3 is 2.83 bits per heavy atom. The van der Waals surface area contributed by atoms with Crippen LogP contribution in [0.25, 0.3) is 0 Å². The van der Waals surface area contributed by atoms with E-state index in [1.165, 1.54) is 22.6 Å². The van der Waals surface area contributed by atoms with E-state index >= 15 is 0 Å². The molecule has 0 unspecified atom stereocenters. The molecule has 1 aromatic carbocycles. The van der Waals surface area contributed by atoms with Crippen molar-refractivity contribution < 1.29 is 19.0 Å². The van der Waals surface area contributed by atoms with Crippen LogP contribution in [0.3, 0.4) is 0 Å². The molecular weight excluding hydrogens is 329 g/mol. The Kier molecular flexibility index (Phi) is 3.81. The Morgan fingerprint density at radius 1 is 1.29 bits per heavy atom. The number of carbonyl (C=O) groups excluding carboxylic acids is 1. The molecule has 0 saturated carbocycles. The van der Waals surface area contributed by atoms with Crippen LogP contribution in [0.1, 0.15) is 33.6 Å². The van der Waals surface area contributed by atoms with Crippen molar-refractivity contribution >= 4 is 17.2 Å². The van der Waals surface area contributed by atoms with Crippen LogP contribution in [0.2, 0.25) is 0 Å². The number of amides is 1. The van der Waals surface area contributed by atoms with Crippen molar-refractivity contribution in [3.05, 3.63) is 51.5 Å². The van der Waals surface area contributed by atoms with Gasteiger partial charge in [-0.2, -0.15) is 0 Å². The summed E-state index contributed by atoms with van der Waals surface area (Å²) >= 11 is 1.77. The number of likely N-dealkylation sites (tertiary alicyclic amines) is 1. The van der Waals surface area contributed by atoms with Crippen LogP contribution in [0.5, 0.6) is 5.75 Å². The van der Waals surface area contributed by atoms with E-state index in [0.29, 0.717) is 13.1 Å². The minimum atomic E-state index is -0.553. The molecule has 1 saturated heterocycles. The fourth-order valence-corrected chi connectivity index (χ4v) is 4.65. The molecular formula is C18H18FNO3S. The molecule has 0 atom stereocenters. The highest BCUT2D eigenvalue weighted by molar-refractivity contribution is 7.10. The summed E-state index contributed by atoms with van der Waals surface area (Å²) in [4.78, 5) is 15.7. The van der Waals surface area contributed by atoms with Gasteiger partial charge in [-0.1, -0.05) is 0 Å². The average Bonchev–Trinajstić information content (AvgIpc) is 3.05. The molecule has 0 radical (unpaired) electrons. The van der Waals surface area contributed by atoms with E-state index < -0.39 is 5.82 Å². The van der Waals surface area contributed by atoms with Gasteiger partial charge in [0.2, 0.25) is 0 Å². The third-order valence-electron chi connectivity index (χ3n) is 4.99. The smallest absolute Gasteiger partial charge is 0.257 e. The van der Waals surface area contributed by atoms with Gasteiger partial charge in [0.1, 0.15) is 11.6 Å². The molecule has 0 aliphatic carbocycles. The van der Waals surface area contributed by atoms with Gasteiger partial charge in [-0.05, 0) is 42.0 Å². The van der Waals surface area contributed by atoms with Crippen molar-refractivity contribution in [2.75, 3.05) is 19.7 Å². The summed E-state index contributed by atoms with van der Waals surface area (Å²) < 4.78 is 19.2. The predicted octanol–water partition coefficient (Wildman–Crippen LogP) is 3.30. The molecule has 1 spiro atoms. The number of benzene rings is 1. The summed E-state index contributed by atoms with van der Waals surface area (Å²) in [7, 11) is 0. The number of halogens is 1. The first-order valence-corrected chi connectivity index (χ1v) is 8.96. The Balaban J connectivity index is 1.52. The number of hydrogen-bond acceptors (Lipinski definition) is 4. The number of ether oxygens (including phenoxy) is 1. The third-order valence-corrected chi connectivity index (χ3v) is 5.97. The molecule has 24 heavy (non-hydrogen) atoms. The van der Waals surface area contributed by atoms with Gasteiger partial charge in [0.15, 0.2) is 0 Å². The second-order valence-electron chi connectivity index (χ2n) is 6.30. The number of carbonyl (C=O) groups is 1. The first-order valence-electron chi connectivity index (χ1n) is 8.08. The highest BCUT2D eigenvalue weighted by atomic mass is 32.1. The number of nitrogens with zero attached hydrogens (tertiary/aromatic N) is 1. The van der Waals surface area contributed by atoms with Crippen molar-refractivity contribution in [3.8, 4) is 5.75 Å². The number of thiophene rings is 1. The average molecular weight is 347 g/mol. The zero-order chi connectivity index (χ0) is 16.7. The Morgan fingerprint density at radius 2 is 2.08 bits per heavy atom. The summed E-state index contributed by atoms with van der Waals surface area (Å²) in [6.45, 7) is 1.84. The fraction of sp³-hybridized carbons (Fsp3) is 0.389. The Hall–Kier alpha value is -1.92. The van der Waals surface area contributed by atoms with Crippen molar-refractivity contribution in [2.45, 2.75) is 24.9 Å². The van der Waals surface area contributed by atoms with Crippen LogP contribution in [0.15, 0.2) is 29.6 Å². The lowest BCUT2D eigenvalue weighted by Gasteiger charge is -2.44. The Bertz CT molecular complexity index is 780. The predicted molar refractivity (Wildman–Crippen MR) is 88.9 cm³/mol. The summed E-state index contributed by atoms with van der Waals surface area (Å²) in [5.74, 6) is -1.12. The molecule has 1 amide bonds. The molecule has 2 aliphatic rings. The second-order valence-corrected chi connectivity index (χ2v) is 7.30. The third kappa shape index (κ3) is 2.50. The maximum atomic E-state index is 13.1. The number of aromatic hydroxyl groups is 1. The molecule has 2 aliphatic heterocycles. The topological polar surface area (TPSA) is 49.8 Å². The first-order chi connectivity index (χ1) is 11.6. The van der Waals surface area contributed by atoms with Gasteiger partial charge in [-0.15, -0.1) is 11.3 Å². The van der Waals surface area contributed by atoms with E-state index in [4.69, 9.17) is 4.74 Å². The summed E-state index contributed by atoms with van der Waals surface area (Å²) in [5.41, 5.74) is 1.14. The SMILES string of the molecule is O=C(c1ccc(F)cc1O)N1CCC2(CC1)OCCc1sccc12. The normalized spacial score (nSPS) is 19.3. The van der Waals surface area contributed by atoms with E-state index in [0.717, 1.165) is 31.9 Å². The van der Waals surface area contributed by atoms with Gasteiger partial charge < -0.3 is 14.7 Å². The molecule has 4 rings (SSSR count). The molecule has 1 fully saturated rings. The molecule has 1 aromatic heterocycles. The molecule has 2 aromatic rings. The molecule has 3 heterocycles. The van der Waals surface area contributed by atoms with Crippen molar-refractivity contribution in [2.24, 2.45) is 0 Å². The molecule has 6 heteroatoms. The van der Waals surface area contributed by atoms with E-state index in [1.54, 1.807) is 16.2 Å². The summed E-state index contributed by atoms with van der Waals surface area (Å²) in [6.07, 6.45) is 2.44. The van der Waals surface area contributed by atoms with Gasteiger partial charge in [0.05, 0.1) is 17.8 Å². The monoisotopic (exact) mass is 347 g/mol. The number of rotatable bonds is 1. The zero-order valence-corrected chi connectivity index (χ0v) is 13.9. The number of piperidine rings is 1. The van der Waals surface area contributed by atoms with Gasteiger partial charge >= 0.3 is 0 Å². The highest BCUT2D eigenvalue weighted by Gasteiger charge is 2.42. The van der Waals surface area contributed by atoms with Gasteiger partial charge in [-0.25, -0.2) is 4.39 Å². The molecule has 1 N–H and O–H groups in total. The van der Waals surface area contributed by atoms with Crippen LogP contribution in [-0.2, 0) is 16.8 Å². The second kappa shape index (κ2) is 5.86. The summed E-state index contributed by atoms with van der Waals surface area (Å²) in [5, 5.41) is 11.9. The number of phenols is 1. The standard InChI is InChI=1S/C18H18FNO3S/c19-12-1-2-13(15(21)11-12)17(22)20-7-5-18(6-8-20)14-4-10-24-16(14)3-9-23-18/h1-2,4,10-11,21H,3,5-9H2. The highest BCUT2D eigenvalue weighted by Crippen LogP contribution is 2.43. The van der Waals surface area contributed by atoms with E-state index in [2.05, 4.69) is 11.4 Å². The first kappa shape index (κ1) is 15.6. The van der Waals surface area contributed by atoms with Crippen molar-refractivity contribution in [1.82, 2.24) is 4.90 Å². The van der Waals surface area contributed by atoms with Gasteiger partial charge in [0.25, 0.3) is 5.91 Å². The van der Waals surface area contributed by atoms with Gasteiger partial charge in [0, 0.05) is 30.5 Å². The molecule has 126 valence electrons. The van der Waals surface area contributed by atoms with Crippen LogP contribution in [-0.4, -0.2) is 35.6 Å². The van der Waals surface area contributed by atoms with Crippen LogP contribution >= 0.6 is 11.3 Å². The van der Waals surface area contributed by atoms with Crippen LogP contribution in [0.4, 0.5) is 4.39 Å². The number of hydrogen-bond donors (Lipinski definition) is 1. The van der Waals surface area contributed by atoms with E-state index in [9.17, 15) is 14.3 Å². The largest absolute Gasteiger partial charge is 0.507 e. The quantitative estimate of drug-likeness (QED) is 0.861. The lowest BCUT2D eigenvalue weighted by atomic mass is 9.82. The van der Waals surface area contributed by atoms with Crippen molar-refractivity contribution in [1.29, 1.82) is 0 Å². The lowest BCUT2D eigenvalue weighted by molar-refractivity contribution is -0.0926. The van der Waals surface area contributed by atoms with Crippen molar-refractivity contribution in [3.63, 3.8) is 0 Å².